The maximum Gasteiger partial charge on any atom is 0.227 e. The van der Waals surface area contributed by atoms with Crippen molar-refractivity contribution in [3.63, 3.8) is 0 Å². The molecule has 1 spiro atoms. The first-order valence-electron chi connectivity index (χ1n) is 17.5. The summed E-state index contributed by atoms with van der Waals surface area (Å²) in [7, 11) is 0. The van der Waals surface area contributed by atoms with Crippen molar-refractivity contribution < 1.29 is 13.6 Å². The van der Waals surface area contributed by atoms with Crippen LogP contribution in [0.4, 0.5) is 0 Å². The second-order valence-electron chi connectivity index (χ2n) is 13.9. The van der Waals surface area contributed by atoms with Crippen LogP contribution in [-0.4, -0.2) is 9.97 Å². The average Bonchev–Trinajstić information content (AvgIpc) is 3.88. The number of aryl methyl sites for hydroxylation is 2. The Morgan fingerprint density at radius 2 is 0.942 bits per heavy atom. The second-order valence-corrected chi connectivity index (χ2v) is 13.9. The van der Waals surface area contributed by atoms with Gasteiger partial charge in [0.1, 0.15) is 22.5 Å². The standard InChI is InChI=1S/C47H30N2O3/c1-27-15-19-43-39(21-27)48-45(51-43)31-23-30(24-32(25-31)46-49-40-22-28(2)16-20-44(40)52-46)29-17-18-36-34(26-29)33-9-3-4-10-35(33)47(36)37-11-5-7-13-41(37)50-42-14-8-6-12-38(42)47/h3-26H,1-2H3. The lowest BCUT2D eigenvalue weighted by molar-refractivity contribution is 0.436. The zero-order valence-electron chi connectivity index (χ0n) is 28.5. The molecule has 3 heterocycles. The van der Waals surface area contributed by atoms with Gasteiger partial charge >= 0.3 is 0 Å². The van der Waals surface area contributed by atoms with Crippen LogP contribution in [0.1, 0.15) is 33.4 Å². The van der Waals surface area contributed by atoms with Gasteiger partial charge in [0.15, 0.2) is 11.2 Å². The highest BCUT2D eigenvalue weighted by atomic mass is 16.5. The van der Waals surface area contributed by atoms with E-state index >= 15 is 0 Å². The van der Waals surface area contributed by atoms with E-state index in [1.807, 2.05) is 36.4 Å². The lowest BCUT2D eigenvalue weighted by atomic mass is 9.66. The topological polar surface area (TPSA) is 61.3 Å². The number of oxazole rings is 2. The van der Waals surface area contributed by atoms with Crippen molar-refractivity contribution in [1.29, 1.82) is 0 Å². The average molecular weight is 671 g/mol. The van der Waals surface area contributed by atoms with Crippen molar-refractivity contribution in [3.05, 3.63) is 179 Å². The molecule has 0 amide bonds. The molecule has 7 aromatic carbocycles. The van der Waals surface area contributed by atoms with Crippen LogP contribution in [0.3, 0.4) is 0 Å². The van der Waals surface area contributed by atoms with Crippen LogP contribution in [0, 0.1) is 13.8 Å². The largest absolute Gasteiger partial charge is 0.457 e. The third-order valence-corrected chi connectivity index (χ3v) is 10.7. The highest BCUT2D eigenvalue weighted by molar-refractivity contribution is 5.92. The maximum absolute atomic E-state index is 6.52. The first-order chi connectivity index (χ1) is 25.5. The van der Waals surface area contributed by atoms with Crippen molar-refractivity contribution in [3.8, 4) is 56.7 Å². The van der Waals surface area contributed by atoms with E-state index in [1.165, 1.54) is 22.3 Å². The SMILES string of the molecule is Cc1ccc2oc(-c3cc(-c4ccc5c(c4)-c4ccccc4C54c5ccccc5Oc5ccccc54)cc(-c4nc5cc(C)ccc5o4)c3)nc2c1. The molecule has 9 aromatic rings. The van der Waals surface area contributed by atoms with Crippen LogP contribution in [0.25, 0.3) is 67.4 Å². The molecule has 5 nitrogen and oxygen atoms in total. The molecular weight excluding hydrogens is 641 g/mol. The van der Waals surface area contributed by atoms with Gasteiger partial charge in [-0.05, 0) is 119 Å². The Hall–Kier alpha value is -6.72. The molecule has 0 bridgehead atoms. The van der Waals surface area contributed by atoms with Gasteiger partial charge in [-0.2, -0.15) is 0 Å². The number of hydrogen-bond donors (Lipinski definition) is 0. The van der Waals surface area contributed by atoms with Gasteiger partial charge < -0.3 is 13.6 Å². The normalized spacial score (nSPS) is 13.5. The van der Waals surface area contributed by atoms with E-state index in [0.29, 0.717) is 11.8 Å². The summed E-state index contributed by atoms with van der Waals surface area (Å²) in [5.41, 5.74) is 15.9. The van der Waals surface area contributed by atoms with Gasteiger partial charge in [-0.1, -0.05) is 84.9 Å². The van der Waals surface area contributed by atoms with Gasteiger partial charge in [-0.15, -0.1) is 0 Å². The maximum atomic E-state index is 6.52. The van der Waals surface area contributed by atoms with Crippen molar-refractivity contribution in [2.45, 2.75) is 19.3 Å². The molecule has 5 heteroatoms. The number of rotatable bonds is 3. The van der Waals surface area contributed by atoms with Gasteiger partial charge in [0.2, 0.25) is 11.8 Å². The zero-order chi connectivity index (χ0) is 34.6. The highest BCUT2D eigenvalue weighted by Gasteiger charge is 2.50. The summed E-state index contributed by atoms with van der Waals surface area (Å²) in [6, 6.07) is 51.1. The minimum atomic E-state index is -0.518. The lowest BCUT2D eigenvalue weighted by Crippen LogP contribution is -2.32. The van der Waals surface area contributed by atoms with Crippen LogP contribution >= 0.6 is 0 Å². The Labute approximate surface area is 299 Å². The molecular formula is C47H30N2O3. The fraction of sp³-hybridized carbons (Fsp3) is 0.0638. The Balaban J connectivity index is 1.14. The molecule has 246 valence electrons. The summed E-state index contributed by atoms with van der Waals surface area (Å²) in [5.74, 6) is 2.87. The van der Waals surface area contributed by atoms with E-state index < -0.39 is 5.41 Å². The summed E-state index contributed by atoms with van der Waals surface area (Å²) >= 11 is 0. The van der Waals surface area contributed by atoms with Crippen LogP contribution in [0.5, 0.6) is 11.5 Å². The molecule has 0 atom stereocenters. The van der Waals surface area contributed by atoms with E-state index in [2.05, 4.69) is 123 Å². The fourth-order valence-electron chi connectivity index (χ4n) is 8.40. The van der Waals surface area contributed by atoms with Crippen LogP contribution in [-0.2, 0) is 5.41 Å². The number of nitrogens with zero attached hydrogens (tertiary/aromatic N) is 2. The smallest absolute Gasteiger partial charge is 0.227 e. The minimum Gasteiger partial charge on any atom is -0.457 e. The molecule has 1 aliphatic carbocycles. The van der Waals surface area contributed by atoms with Crippen LogP contribution < -0.4 is 4.74 Å². The monoisotopic (exact) mass is 670 g/mol. The van der Waals surface area contributed by atoms with Gasteiger partial charge in [-0.3, -0.25) is 0 Å². The molecule has 0 fully saturated rings. The number of hydrogen-bond acceptors (Lipinski definition) is 5. The summed E-state index contributed by atoms with van der Waals surface area (Å²) in [4.78, 5) is 9.85. The highest BCUT2D eigenvalue weighted by Crippen LogP contribution is 2.62. The molecule has 0 radical (unpaired) electrons. The van der Waals surface area contributed by atoms with E-state index in [-0.39, 0.29) is 0 Å². The van der Waals surface area contributed by atoms with E-state index in [9.17, 15) is 0 Å². The number of ether oxygens (including phenoxy) is 1. The van der Waals surface area contributed by atoms with Crippen molar-refractivity contribution in [2.24, 2.45) is 0 Å². The Morgan fingerprint density at radius 3 is 1.56 bits per heavy atom. The Bertz CT molecular complexity index is 2790. The minimum absolute atomic E-state index is 0.518. The number of aromatic nitrogens is 2. The fourth-order valence-corrected chi connectivity index (χ4v) is 8.40. The number of para-hydroxylation sites is 2. The first-order valence-corrected chi connectivity index (χ1v) is 17.5. The summed E-state index contributed by atoms with van der Waals surface area (Å²) in [5, 5.41) is 0. The van der Waals surface area contributed by atoms with Gasteiger partial charge in [0, 0.05) is 22.3 Å². The molecule has 0 saturated carbocycles. The molecule has 11 rings (SSSR count). The molecule has 52 heavy (non-hydrogen) atoms. The van der Waals surface area contributed by atoms with Crippen LogP contribution in [0.2, 0.25) is 0 Å². The van der Waals surface area contributed by atoms with Gasteiger partial charge in [0.25, 0.3) is 0 Å². The molecule has 2 aromatic heterocycles. The van der Waals surface area contributed by atoms with E-state index in [4.69, 9.17) is 23.5 Å². The third-order valence-electron chi connectivity index (χ3n) is 10.7. The summed E-state index contributed by atoms with van der Waals surface area (Å²) in [6.07, 6.45) is 0. The van der Waals surface area contributed by atoms with Crippen molar-refractivity contribution in [1.82, 2.24) is 9.97 Å². The van der Waals surface area contributed by atoms with Gasteiger partial charge in [0.05, 0.1) is 5.41 Å². The predicted octanol–water partition coefficient (Wildman–Crippen LogP) is 12.1. The van der Waals surface area contributed by atoms with E-state index in [0.717, 1.165) is 78.2 Å². The molecule has 0 unspecified atom stereocenters. The first kappa shape index (κ1) is 29.1. The van der Waals surface area contributed by atoms with E-state index in [1.54, 1.807) is 0 Å². The lowest BCUT2D eigenvalue weighted by Gasteiger charge is -2.39. The van der Waals surface area contributed by atoms with Crippen molar-refractivity contribution >= 4 is 22.2 Å². The predicted molar refractivity (Wildman–Crippen MR) is 205 cm³/mol. The quantitative estimate of drug-likeness (QED) is 0.187. The van der Waals surface area contributed by atoms with Gasteiger partial charge in [-0.25, -0.2) is 9.97 Å². The Morgan fingerprint density at radius 1 is 0.423 bits per heavy atom. The summed E-state index contributed by atoms with van der Waals surface area (Å²) in [6.45, 7) is 4.13. The second kappa shape index (κ2) is 10.6. The zero-order valence-corrected chi connectivity index (χ0v) is 28.5. The number of fused-ring (bicyclic) bond motifs is 11. The summed E-state index contributed by atoms with van der Waals surface area (Å²) < 4.78 is 19.2. The third kappa shape index (κ3) is 4.11. The number of benzene rings is 7. The molecule has 1 aliphatic heterocycles. The molecule has 2 aliphatic rings. The van der Waals surface area contributed by atoms with Crippen molar-refractivity contribution in [2.75, 3.05) is 0 Å². The molecule has 0 saturated heterocycles. The Kier molecular flexibility index (Phi) is 5.95. The van der Waals surface area contributed by atoms with Crippen LogP contribution in [0.15, 0.2) is 154 Å². The molecule has 0 N–H and O–H groups in total.